The largest absolute Gasteiger partial charge is 0.383 e. The minimum Gasteiger partial charge on any atom is -0.383 e. The summed E-state index contributed by atoms with van der Waals surface area (Å²) in [7, 11) is 1.76. The molecule has 0 saturated heterocycles. The van der Waals surface area contributed by atoms with Crippen molar-refractivity contribution in [1.82, 2.24) is 5.32 Å². The van der Waals surface area contributed by atoms with Gasteiger partial charge in [-0.2, -0.15) is 0 Å². The SMILES string of the molecule is COCC(C)NCCC1CCCC(C)C1. The zero-order valence-electron chi connectivity index (χ0n) is 10.6. The van der Waals surface area contributed by atoms with Gasteiger partial charge in [0.2, 0.25) is 0 Å². The second-order valence-corrected chi connectivity index (χ2v) is 5.24. The summed E-state index contributed by atoms with van der Waals surface area (Å²) in [5.74, 6) is 1.93. The van der Waals surface area contributed by atoms with Gasteiger partial charge >= 0.3 is 0 Å². The average molecular weight is 213 g/mol. The van der Waals surface area contributed by atoms with E-state index in [1.165, 1.54) is 32.1 Å². The lowest BCUT2D eigenvalue weighted by atomic mass is 9.81. The highest BCUT2D eigenvalue weighted by Gasteiger charge is 2.18. The van der Waals surface area contributed by atoms with Crippen molar-refractivity contribution in [2.75, 3.05) is 20.3 Å². The van der Waals surface area contributed by atoms with Crippen molar-refractivity contribution >= 4 is 0 Å². The molecule has 1 saturated carbocycles. The molecule has 0 aromatic carbocycles. The smallest absolute Gasteiger partial charge is 0.0613 e. The molecule has 0 radical (unpaired) electrons. The number of rotatable bonds is 6. The van der Waals surface area contributed by atoms with E-state index in [1.807, 2.05) is 0 Å². The fraction of sp³-hybridized carbons (Fsp3) is 1.00. The van der Waals surface area contributed by atoms with Crippen LogP contribution in [0.3, 0.4) is 0 Å². The van der Waals surface area contributed by atoms with Gasteiger partial charge in [0.25, 0.3) is 0 Å². The molecule has 3 atom stereocenters. The molecule has 1 fully saturated rings. The number of nitrogens with one attached hydrogen (secondary N) is 1. The van der Waals surface area contributed by atoms with Crippen LogP contribution in [0.2, 0.25) is 0 Å². The monoisotopic (exact) mass is 213 g/mol. The number of hydrogen-bond acceptors (Lipinski definition) is 2. The molecular formula is C13H27NO. The highest BCUT2D eigenvalue weighted by Crippen LogP contribution is 2.30. The average Bonchev–Trinajstić information content (AvgIpc) is 2.18. The first-order valence-corrected chi connectivity index (χ1v) is 6.44. The summed E-state index contributed by atoms with van der Waals surface area (Å²) in [6.07, 6.45) is 7.13. The quantitative estimate of drug-likeness (QED) is 0.732. The summed E-state index contributed by atoms with van der Waals surface area (Å²) < 4.78 is 5.10. The second-order valence-electron chi connectivity index (χ2n) is 5.24. The molecule has 1 rings (SSSR count). The minimum absolute atomic E-state index is 0.496. The van der Waals surface area contributed by atoms with Crippen LogP contribution in [0.25, 0.3) is 0 Å². The van der Waals surface area contributed by atoms with Crippen LogP contribution >= 0.6 is 0 Å². The molecule has 0 heterocycles. The van der Waals surface area contributed by atoms with E-state index in [0.29, 0.717) is 6.04 Å². The van der Waals surface area contributed by atoms with Gasteiger partial charge in [-0.15, -0.1) is 0 Å². The van der Waals surface area contributed by atoms with Gasteiger partial charge < -0.3 is 10.1 Å². The molecule has 1 N–H and O–H groups in total. The lowest BCUT2D eigenvalue weighted by Gasteiger charge is -2.27. The van der Waals surface area contributed by atoms with Crippen molar-refractivity contribution in [3.05, 3.63) is 0 Å². The predicted molar refractivity (Wildman–Crippen MR) is 65.1 cm³/mol. The van der Waals surface area contributed by atoms with Gasteiger partial charge in [-0.05, 0) is 38.1 Å². The van der Waals surface area contributed by atoms with Crippen LogP contribution < -0.4 is 5.32 Å². The van der Waals surface area contributed by atoms with Crippen molar-refractivity contribution in [3.8, 4) is 0 Å². The van der Waals surface area contributed by atoms with Crippen LogP contribution in [-0.4, -0.2) is 26.3 Å². The lowest BCUT2D eigenvalue weighted by Crippen LogP contribution is -2.32. The van der Waals surface area contributed by atoms with Gasteiger partial charge in [0.15, 0.2) is 0 Å². The molecular weight excluding hydrogens is 186 g/mol. The first-order valence-electron chi connectivity index (χ1n) is 6.44. The van der Waals surface area contributed by atoms with Crippen LogP contribution in [0, 0.1) is 11.8 Å². The van der Waals surface area contributed by atoms with Gasteiger partial charge in [-0.25, -0.2) is 0 Å². The van der Waals surface area contributed by atoms with Crippen LogP contribution in [0.1, 0.15) is 46.0 Å². The number of methoxy groups -OCH3 is 1. The standard InChI is InChI=1S/C13H27NO/c1-11-5-4-6-13(9-11)7-8-14-12(2)10-15-3/h11-14H,4-10H2,1-3H3. The molecule has 0 bridgehead atoms. The highest BCUT2D eigenvalue weighted by molar-refractivity contribution is 4.72. The summed E-state index contributed by atoms with van der Waals surface area (Å²) in [5, 5.41) is 3.52. The Morgan fingerprint density at radius 3 is 2.87 bits per heavy atom. The first-order chi connectivity index (χ1) is 7.22. The van der Waals surface area contributed by atoms with E-state index < -0.39 is 0 Å². The maximum atomic E-state index is 5.10. The number of hydrogen-bond donors (Lipinski definition) is 1. The molecule has 15 heavy (non-hydrogen) atoms. The van der Waals surface area contributed by atoms with Crippen molar-refractivity contribution < 1.29 is 4.74 Å². The van der Waals surface area contributed by atoms with E-state index in [4.69, 9.17) is 4.74 Å². The Morgan fingerprint density at radius 1 is 1.40 bits per heavy atom. The van der Waals surface area contributed by atoms with Gasteiger partial charge in [0.1, 0.15) is 0 Å². The van der Waals surface area contributed by atoms with Crippen LogP contribution in [0.5, 0.6) is 0 Å². The van der Waals surface area contributed by atoms with E-state index in [0.717, 1.165) is 25.0 Å². The molecule has 0 aromatic heterocycles. The van der Waals surface area contributed by atoms with Crippen LogP contribution in [0.15, 0.2) is 0 Å². The Kier molecular flexibility index (Phi) is 6.26. The maximum absolute atomic E-state index is 5.10. The number of ether oxygens (including phenoxy) is 1. The fourth-order valence-electron chi connectivity index (χ4n) is 2.66. The Morgan fingerprint density at radius 2 is 2.20 bits per heavy atom. The van der Waals surface area contributed by atoms with Gasteiger partial charge in [-0.3, -0.25) is 0 Å². The Labute approximate surface area is 94.8 Å². The zero-order chi connectivity index (χ0) is 11.1. The Balaban J connectivity index is 2.03. The van der Waals surface area contributed by atoms with Crippen molar-refractivity contribution in [2.24, 2.45) is 11.8 Å². The Bertz CT molecular complexity index is 161. The third kappa shape index (κ3) is 5.53. The van der Waals surface area contributed by atoms with Gasteiger partial charge in [0.05, 0.1) is 6.61 Å². The molecule has 0 spiro atoms. The molecule has 3 unspecified atom stereocenters. The normalized spacial score (nSPS) is 29.0. The summed E-state index contributed by atoms with van der Waals surface area (Å²) in [5.41, 5.74) is 0. The molecule has 90 valence electrons. The molecule has 1 aliphatic rings. The molecule has 2 nitrogen and oxygen atoms in total. The third-order valence-corrected chi connectivity index (χ3v) is 3.51. The molecule has 0 aromatic rings. The Hall–Kier alpha value is -0.0800. The summed E-state index contributed by atoms with van der Waals surface area (Å²) in [6.45, 7) is 6.56. The molecule has 2 heteroatoms. The second kappa shape index (κ2) is 7.24. The van der Waals surface area contributed by atoms with E-state index >= 15 is 0 Å². The van der Waals surface area contributed by atoms with E-state index in [-0.39, 0.29) is 0 Å². The first kappa shape index (κ1) is 13.0. The van der Waals surface area contributed by atoms with Crippen LogP contribution in [0.4, 0.5) is 0 Å². The maximum Gasteiger partial charge on any atom is 0.0613 e. The topological polar surface area (TPSA) is 21.3 Å². The predicted octanol–water partition coefficient (Wildman–Crippen LogP) is 2.83. The summed E-state index contributed by atoms with van der Waals surface area (Å²) in [6, 6.07) is 0.496. The van der Waals surface area contributed by atoms with Crippen molar-refractivity contribution in [1.29, 1.82) is 0 Å². The van der Waals surface area contributed by atoms with E-state index in [9.17, 15) is 0 Å². The van der Waals surface area contributed by atoms with Crippen molar-refractivity contribution in [3.63, 3.8) is 0 Å². The van der Waals surface area contributed by atoms with E-state index in [1.54, 1.807) is 7.11 Å². The molecule has 1 aliphatic carbocycles. The zero-order valence-corrected chi connectivity index (χ0v) is 10.6. The minimum atomic E-state index is 0.496. The van der Waals surface area contributed by atoms with Crippen molar-refractivity contribution in [2.45, 2.75) is 52.0 Å². The molecule has 0 aliphatic heterocycles. The van der Waals surface area contributed by atoms with Gasteiger partial charge in [0, 0.05) is 13.2 Å². The lowest BCUT2D eigenvalue weighted by molar-refractivity contribution is 0.170. The molecule has 0 amide bonds. The highest BCUT2D eigenvalue weighted by atomic mass is 16.5. The van der Waals surface area contributed by atoms with Crippen LogP contribution in [-0.2, 0) is 4.74 Å². The van der Waals surface area contributed by atoms with Gasteiger partial charge in [-0.1, -0.05) is 26.2 Å². The third-order valence-electron chi connectivity index (χ3n) is 3.51. The summed E-state index contributed by atoms with van der Waals surface area (Å²) in [4.78, 5) is 0. The fourth-order valence-corrected chi connectivity index (χ4v) is 2.66. The van der Waals surface area contributed by atoms with E-state index in [2.05, 4.69) is 19.2 Å². The summed E-state index contributed by atoms with van der Waals surface area (Å²) >= 11 is 0.